The number of ether oxygens (including phenoxy) is 1. The second-order valence-electron chi connectivity index (χ2n) is 6.63. The van der Waals surface area contributed by atoms with Crippen LogP contribution in [-0.2, 0) is 0 Å². The number of hydrogen-bond donors (Lipinski definition) is 2. The van der Waals surface area contributed by atoms with Gasteiger partial charge >= 0.3 is 0 Å². The summed E-state index contributed by atoms with van der Waals surface area (Å²) in [5, 5.41) is 25.1. The van der Waals surface area contributed by atoms with Crippen molar-refractivity contribution in [2.24, 2.45) is 5.92 Å². The van der Waals surface area contributed by atoms with Crippen LogP contribution >= 0.6 is 0 Å². The Hall–Kier alpha value is -3.02. The second-order valence-corrected chi connectivity index (χ2v) is 6.63. The van der Waals surface area contributed by atoms with Gasteiger partial charge in [0.15, 0.2) is 0 Å². The number of para-hydroxylation sites is 1. The number of nitro groups is 1. The monoisotopic (exact) mass is 352 g/mol. The lowest BCUT2D eigenvalue weighted by Crippen LogP contribution is -2.29. The number of fused-ring (bicyclic) bond motifs is 3. The van der Waals surface area contributed by atoms with Gasteiger partial charge in [-0.15, -0.1) is 0 Å². The van der Waals surface area contributed by atoms with Crippen molar-refractivity contribution >= 4 is 11.4 Å². The molecule has 1 aliphatic carbocycles. The maximum atomic E-state index is 11.2. The van der Waals surface area contributed by atoms with E-state index in [1.54, 1.807) is 0 Å². The summed E-state index contributed by atoms with van der Waals surface area (Å²) < 4.78 is 5.77. The topological polar surface area (TPSA) is 84.6 Å². The minimum atomic E-state index is -0.435. The first kappa shape index (κ1) is 16.4. The lowest BCUT2D eigenvalue weighted by Gasteiger charge is -2.38. The molecule has 4 rings (SSSR count). The van der Waals surface area contributed by atoms with E-state index in [9.17, 15) is 15.2 Å². The van der Waals surface area contributed by atoms with Crippen molar-refractivity contribution in [1.29, 1.82) is 0 Å². The van der Waals surface area contributed by atoms with Crippen molar-refractivity contribution < 1.29 is 14.8 Å². The number of phenols is 1. The molecule has 3 atom stereocenters. The van der Waals surface area contributed by atoms with Crippen LogP contribution in [0, 0.1) is 16.0 Å². The van der Waals surface area contributed by atoms with E-state index >= 15 is 0 Å². The first-order chi connectivity index (χ1) is 12.6. The minimum absolute atomic E-state index is 0.0222. The molecule has 2 aliphatic rings. The fraction of sp³-hybridized carbons (Fsp3) is 0.300. The smallest absolute Gasteiger partial charge is 0.270 e. The van der Waals surface area contributed by atoms with Gasteiger partial charge in [0, 0.05) is 23.6 Å². The van der Waals surface area contributed by atoms with Gasteiger partial charge < -0.3 is 15.2 Å². The molecule has 0 fully saturated rings. The molecule has 1 aliphatic heterocycles. The molecule has 3 unspecified atom stereocenters. The molecule has 134 valence electrons. The molecule has 2 aromatic rings. The maximum Gasteiger partial charge on any atom is 0.270 e. The Kier molecular flexibility index (Phi) is 4.03. The first-order valence-corrected chi connectivity index (χ1v) is 8.76. The van der Waals surface area contributed by atoms with Crippen molar-refractivity contribution in [2.45, 2.75) is 25.3 Å². The van der Waals surface area contributed by atoms with Crippen LogP contribution in [0.4, 0.5) is 11.4 Å². The van der Waals surface area contributed by atoms with E-state index in [1.165, 1.54) is 18.2 Å². The zero-order valence-corrected chi connectivity index (χ0v) is 14.4. The molecule has 1 heterocycles. The van der Waals surface area contributed by atoms with Gasteiger partial charge in [-0.05, 0) is 37.0 Å². The summed E-state index contributed by atoms with van der Waals surface area (Å²) in [6, 6.07) is 9.95. The zero-order valence-electron chi connectivity index (χ0n) is 14.4. The van der Waals surface area contributed by atoms with E-state index in [2.05, 4.69) is 23.5 Å². The van der Waals surface area contributed by atoms with E-state index in [-0.39, 0.29) is 29.3 Å². The van der Waals surface area contributed by atoms with Crippen molar-refractivity contribution in [3.8, 4) is 11.5 Å². The lowest BCUT2D eigenvalue weighted by atomic mass is 9.76. The molecule has 0 bridgehead atoms. The Bertz CT molecular complexity index is 893. The predicted molar refractivity (Wildman–Crippen MR) is 98.7 cm³/mol. The Morgan fingerprint density at radius 1 is 1.31 bits per heavy atom. The molecule has 2 aromatic carbocycles. The van der Waals surface area contributed by atoms with Crippen LogP contribution in [0.25, 0.3) is 0 Å². The van der Waals surface area contributed by atoms with Crippen LogP contribution in [0.2, 0.25) is 0 Å². The molecule has 2 N–H and O–H groups in total. The second kappa shape index (κ2) is 6.37. The molecule has 26 heavy (non-hydrogen) atoms. The van der Waals surface area contributed by atoms with Crippen LogP contribution < -0.4 is 10.1 Å². The van der Waals surface area contributed by atoms with Crippen LogP contribution in [0.3, 0.4) is 0 Å². The molecule has 0 aromatic heterocycles. The largest absolute Gasteiger partial charge is 0.508 e. The Balaban J connectivity index is 1.82. The Morgan fingerprint density at radius 3 is 2.92 bits per heavy atom. The van der Waals surface area contributed by atoms with E-state index in [4.69, 9.17) is 4.74 Å². The highest BCUT2D eigenvalue weighted by Gasteiger charge is 2.40. The number of anilines is 1. The number of benzene rings is 2. The highest BCUT2D eigenvalue weighted by molar-refractivity contribution is 5.68. The van der Waals surface area contributed by atoms with Crippen molar-refractivity contribution in [3.05, 3.63) is 69.8 Å². The van der Waals surface area contributed by atoms with Crippen molar-refractivity contribution in [1.82, 2.24) is 0 Å². The molecule has 6 heteroatoms. The lowest BCUT2D eigenvalue weighted by molar-refractivity contribution is -0.385. The number of non-ortho nitro benzene ring substituents is 1. The summed E-state index contributed by atoms with van der Waals surface area (Å²) in [6.07, 6.45) is 5.17. The minimum Gasteiger partial charge on any atom is -0.508 e. The van der Waals surface area contributed by atoms with Gasteiger partial charge in [-0.3, -0.25) is 10.1 Å². The van der Waals surface area contributed by atoms with E-state index in [0.29, 0.717) is 12.2 Å². The quantitative estimate of drug-likeness (QED) is 0.480. The first-order valence-electron chi connectivity index (χ1n) is 8.76. The summed E-state index contributed by atoms with van der Waals surface area (Å²) in [4.78, 5) is 10.7. The average molecular weight is 352 g/mol. The number of nitrogens with one attached hydrogen (secondary N) is 1. The Labute approximate surface area is 151 Å². The number of rotatable bonds is 4. The summed E-state index contributed by atoms with van der Waals surface area (Å²) in [5.41, 5.74) is 2.59. The zero-order chi connectivity index (χ0) is 18.3. The van der Waals surface area contributed by atoms with Gasteiger partial charge in [-0.2, -0.15) is 0 Å². The van der Waals surface area contributed by atoms with E-state index in [0.717, 1.165) is 23.4 Å². The predicted octanol–water partition coefficient (Wildman–Crippen LogP) is 4.53. The molecular weight excluding hydrogens is 332 g/mol. The van der Waals surface area contributed by atoms with Crippen molar-refractivity contribution in [3.63, 3.8) is 0 Å². The number of allylic oxidation sites excluding steroid dienone is 2. The highest BCUT2D eigenvalue weighted by Crippen LogP contribution is 2.53. The van der Waals surface area contributed by atoms with Crippen LogP contribution in [0.15, 0.2) is 48.6 Å². The molecule has 0 saturated heterocycles. The molecule has 0 radical (unpaired) electrons. The number of phenolic OH excluding ortho intramolecular Hbond substituents is 1. The number of aromatic hydroxyl groups is 1. The molecule has 0 spiro atoms. The van der Waals surface area contributed by atoms with Gasteiger partial charge in [-0.25, -0.2) is 0 Å². The number of nitrogens with zero attached hydrogens (tertiary/aromatic N) is 1. The van der Waals surface area contributed by atoms with E-state index < -0.39 is 4.92 Å². The van der Waals surface area contributed by atoms with Crippen LogP contribution in [-0.4, -0.2) is 16.6 Å². The molecular formula is C20H20N2O4. The standard InChI is InChI=1S/C20H20N2O4/c1-2-26-18-8-4-7-15-13-5-3-6-14(13)19(21-20(15)18)16-11-12(22(24)25)9-10-17(16)23/h3-5,7-11,13-14,19,21,23H,2,6H2,1H3. The normalized spacial score (nSPS) is 23.0. The number of nitro benzene ring substituents is 1. The summed E-state index contributed by atoms with van der Waals surface area (Å²) >= 11 is 0. The summed E-state index contributed by atoms with van der Waals surface area (Å²) in [6.45, 7) is 2.49. The third-order valence-corrected chi connectivity index (χ3v) is 5.22. The summed E-state index contributed by atoms with van der Waals surface area (Å²) in [5.74, 6) is 1.21. The SMILES string of the molecule is CCOc1cccc2c1NC(c1cc([N+](=O)[O-])ccc1O)C1CC=CC21. The van der Waals surface area contributed by atoms with Crippen LogP contribution in [0.5, 0.6) is 11.5 Å². The highest BCUT2D eigenvalue weighted by atomic mass is 16.6. The molecule has 0 amide bonds. The van der Waals surface area contributed by atoms with Gasteiger partial charge in [0.25, 0.3) is 5.69 Å². The summed E-state index contributed by atoms with van der Waals surface area (Å²) in [7, 11) is 0. The third kappa shape index (κ3) is 2.58. The fourth-order valence-electron chi connectivity index (χ4n) is 4.08. The fourth-order valence-corrected chi connectivity index (χ4v) is 4.08. The van der Waals surface area contributed by atoms with Gasteiger partial charge in [0.2, 0.25) is 0 Å². The van der Waals surface area contributed by atoms with E-state index in [1.807, 2.05) is 19.1 Å². The van der Waals surface area contributed by atoms with Crippen LogP contribution in [0.1, 0.15) is 36.4 Å². The Morgan fingerprint density at radius 2 is 2.15 bits per heavy atom. The molecule has 6 nitrogen and oxygen atoms in total. The number of hydrogen-bond acceptors (Lipinski definition) is 5. The maximum absolute atomic E-state index is 11.2. The van der Waals surface area contributed by atoms with Crippen molar-refractivity contribution in [2.75, 3.05) is 11.9 Å². The van der Waals surface area contributed by atoms with Gasteiger partial charge in [0.1, 0.15) is 11.5 Å². The molecule has 0 saturated carbocycles. The van der Waals surface area contributed by atoms with Gasteiger partial charge in [-0.1, -0.05) is 24.3 Å². The third-order valence-electron chi connectivity index (χ3n) is 5.22. The van der Waals surface area contributed by atoms with Gasteiger partial charge in [0.05, 0.1) is 23.3 Å². The average Bonchev–Trinajstić information content (AvgIpc) is 3.12.